The normalized spacial score (nSPS) is 17.6. The second kappa shape index (κ2) is 7.36. The van der Waals surface area contributed by atoms with Gasteiger partial charge in [0, 0.05) is 18.5 Å². The van der Waals surface area contributed by atoms with Crippen molar-refractivity contribution in [3.63, 3.8) is 0 Å². The summed E-state index contributed by atoms with van der Waals surface area (Å²) in [6, 6.07) is 1.97. The second-order valence-corrected chi connectivity index (χ2v) is 6.66. The van der Waals surface area contributed by atoms with Crippen LogP contribution in [0.15, 0.2) is 10.7 Å². The maximum absolute atomic E-state index is 4.59. The molecule has 0 aromatic carbocycles. The van der Waals surface area contributed by atoms with Crippen molar-refractivity contribution in [3.8, 4) is 0 Å². The van der Waals surface area contributed by atoms with Gasteiger partial charge in [0.15, 0.2) is 0 Å². The highest BCUT2D eigenvalue weighted by Crippen LogP contribution is 2.20. The molecular formula is C15H25BrN4. The number of nitrogens with zero attached hydrogens (tertiary/aromatic N) is 3. The Labute approximate surface area is 130 Å². The molecule has 1 aliphatic rings. The molecule has 0 aliphatic carbocycles. The highest BCUT2D eigenvalue weighted by Gasteiger charge is 2.18. The third-order valence-corrected chi connectivity index (χ3v) is 4.36. The third-order valence-electron chi connectivity index (χ3n) is 3.95. The lowest BCUT2D eigenvalue weighted by Crippen LogP contribution is -2.35. The first-order chi connectivity index (χ1) is 9.58. The SMILES string of the molecule is CCN1CCC(CNc2cc(Br)nc(C(C)C)n2)CC1. The lowest BCUT2D eigenvalue weighted by atomic mass is 9.97. The van der Waals surface area contributed by atoms with Gasteiger partial charge in [-0.25, -0.2) is 9.97 Å². The summed E-state index contributed by atoms with van der Waals surface area (Å²) in [6.07, 6.45) is 2.56. The molecule has 0 bridgehead atoms. The molecule has 1 fully saturated rings. The summed E-state index contributed by atoms with van der Waals surface area (Å²) in [5.41, 5.74) is 0. The van der Waals surface area contributed by atoms with Crippen molar-refractivity contribution in [2.24, 2.45) is 5.92 Å². The molecule has 1 saturated heterocycles. The van der Waals surface area contributed by atoms with Crippen molar-refractivity contribution in [2.45, 2.75) is 39.5 Å². The predicted molar refractivity (Wildman–Crippen MR) is 87.1 cm³/mol. The molecule has 0 spiro atoms. The summed E-state index contributed by atoms with van der Waals surface area (Å²) in [4.78, 5) is 11.5. The highest BCUT2D eigenvalue weighted by molar-refractivity contribution is 9.10. The Balaban J connectivity index is 1.88. The minimum absolute atomic E-state index is 0.348. The number of rotatable bonds is 5. The first kappa shape index (κ1) is 15.7. The molecule has 0 radical (unpaired) electrons. The maximum atomic E-state index is 4.59. The van der Waals surface area contributed by atoms with Crippen LogP contribution in [0.1, 0.15) is 45.4 Å². The van der Waals surface area contributed by atoms with Crippen LogP contribution in [0.25, 0.3) is 0 Å². The van der Waals surface area contributed by atoms with Crippen molar-refractivity contribution in [3.05, 3.63) is 16.5 Å². The summed E-state index contributed by atoms with van der Waals surface area (Å²) in [6.45, 7) is 11.1. The smallest absolute Gasteiger partial charge is 0.134 e. The average molecular weight is 341 g/mol. The van der Waals surface area contributed by atoms with Crippen molar-refractivity contribution in [1.82, 2.24) is 14.9 Å². The van der Waals surface area contributed by atoms with E-state index >= 15 is 0 Å². The highest BCUT2D eigenvalue weighted by atomic mass is 79.9. The fourth-order valence-electron chi connectivity index (χ4n) is 2.54. The summed E-state index contributed by atoms with van der Waals surface area (Å²) in [7, 11) is 0. The number of piperidine rings is 1. The van der Waals surface area contributed by atoms with Crippen LogP contribution < -0.4 is 5.32 Å². The predicted octanol–water partition coefficient (Wildman–Crippen LogP) is 3.51. The summed E-state index contributed by atoms with van der Waals surface area (Å²) in [5, 5.41) is 3.48. The minimum atomic E-state index is 0.348. The molecule has 1 aromatic rings. The fourth-order valence-corrected chi connectivity index (χ4v) is 2.94. The van der Waals surface area contributed by atoms with Crippen molar-refractivity contribution >= 4 is 21.7 Å². The first-order valence-electron chi connectivity index (χ1n) is 7.59. The van der Waals surface area contributed by atoms with Gasteiger partial charge < -0.3 is 10.2 Å². The van der Waals surface area contributed by atoms with E-state index in [-0.39, 0.29) is 0 Å². The van der Waals surface area contributed by atoms with E-state index in [4.69, 9.17) is 0 Å². The Hall–Kier alpha value is -0.680. The van der Waals surface area contributed by atoms with E-state index in [1.54, 1.807) is 0 Å². The number of halogens is 1. The average Bonchev–Trinajstić information content (AvgIpc) is 2.45. The summed E-state index contributed by atoms with van der Waals surface area (Å²) >= 11 is 3.47. The van der Waals surface area contributed by atoms with Gasteiger partial charge in [0.1, 0.15) is 16.2 Å². The van der Waals surface area contributed by atoms with Crippen LogP contribution >= 0.6 is 15.9 Å². The van der Waals surface area contributed by atoms with E-state index in [0.29, 0.717) is 5.92 Å². The Morgan fingerprint density at radius 1 is 1.35 bits per heavy atom. The molecular weight excluding hydrogens is 316 g/mol. The van der Waals surface area contributed by atoms with Crippen LogP contribution in [0.4, 0.5) is 5.82 Å². The van der Waals surface area contributed by atoms with Crippen LogP contribution in [0, 0.1) is 5.92 Å². The molecule has 2 heterocycles. The summed E-state index contributed by atoms with van der Waals surface area (Å²) < 4.78 is 0.861. The molecule has 112 valence electrons. The van der Waals surface area contributed by atoms with Crippen LogP contribution in [0.3, 0.4) is 0 Å². The lowest BCUT2D eigenvalue weighted by Gasteiger charge is -2.31. The first-order valence-corrected chi connectivity index (χ1v) is 8.38. The van der Waals surface area contributed by atoms with Crippen LogP contribution in [-0.2, 0) is 0 Å². The van der Waals surface area contributed by atoms with Crippen LogP contribution in [-0.4, -0.2) is 41.0 Å². The summed E-state index contributed by atoms with van der Waals surface area (Å²) in [5.74, 6) is 2.94. The van der Waals surface area contributed by atoms with Gasteiger partial charge in [-0.1, -0.05) is 20.8 Å². The van der Waals surface area contributed by atoms with E-state index in [1.807, 2.05) is 6.07 Å². The van der Waals surface area contributed by atoms with Gasteiger partial charge in [-0.05, 0) is 54.3 Å². The molecule has 0 unspecified atom stereocenters. The standard InChI is InChI=1S/C15H25BrN4/c1-4-20-7-5-12(6-8-20)10-17-14-9-13(16)18-15(19-14)11(2)3/h9,11-12H,4-8,10H2,1-3H3,(H,17,18,19). The van der Waals surface area contributed by atoms with E-state index in [0.717, 1.165) is 28.7 Å². The zero-order chi connectivity index (χ0) is 14.5. The zero-order valence-electron chi connectivity index (χ0n) is 12.7. The number of anilines is 1. The quantitative estimate of drug-likeness (QED) is 0.832. The van der Waals surface area contributed by atoms with Gasteiger partial charge in [0.05, 0.1) is 0 Å². The Morgan fingerprint density at radius 3 is 2.65 bits per heavy atom. The zero-order valence-corrected chi connectivity index (χ0v) is 14.3. The molecule has 0 saturated carbocycles. The van der Waals surface area contributed by atoms with Crippen molar-refractivity contribution in [2.75, 3.05) is 31.5 Å². The number of hydrogen-bond donors (Lipinski definition) is 1. The molecule has 1 N–H and O–H groups in total. The van der Waals surface area contributed by atoms with Crippen LogP contribution in [0.2, 0.25) is 0 Å². The minimum Gasteiger partial charge on any atom is -0.370 e. The fraction of sp³-hybridized carbons (Fsp3) is 0.733. The molecule has 20 heavy (non-hydrogen) atoms. The van der Waals surface area contributed by atoms with Gasteiger partial charge in [0.25, 0.3) is 0 Å². The van der Waals surface area contributed by atoms with Gasteiger partial charge >= 0.3 is 0 Å². The second-order valence-electron chi connectivity index (χ2n) is 5.85. The van der Waals surface area contributed by atoms with Gasteiger partial charge in [-0.2, -0.15) is 0 Å². The van der Waals surface area contributed by atoms with Gasteiger partial charge in [-0.3, -0.25) is 0 Å². The molecule has 1 aliphatic heterocycles. The topological polar surface area (TPSA) is 41.0 Å². The Bertz CT molecular complexity index is 428. The van der Waals surface area contributed by atoms with E-state index in [2.05, 4.69) is 56.9 Å². The molecule has 0 atom stereocenters. The Morgan fingerprint density at radius 2 is 2.05 bits per heavy atom. The molecule has 5 heteroatoms. The number of hydrogen-bond acceptors (Lipinski definition) is 4. The van der Waals surface area contributed by atoms with Gasteiger partial charge in [-0.15, -0.1) is 0 Å². The number of nitrogens with one attached hydrogen (secondary N) is 1. The van der Waals surface area contributed by atoms with E-state index < -0.39 is 0 Å². The lowest BCUT2D eigenvalue weighted by molar-refractivity contribution is 0.198. The monoisotopic (exact) mass is 340 g/mol. The van der Waals surface area contributed by atoms with E-state index in [1.165, 1.54) is 32.5 Å². The van der Waals surface area contributed by atoms with Crippen LogP contribution in [0.5, 0.6) is 0 Å². The third kappa shape index (κ3) is 4.42. The molecule has 1 aromatic heterocycles. The van der Waals surface area contributed by atoms with Crippen molar-refractivity contribution in [1.29, 1.82) is 0 Å². The molecule has 0 amide bonds. The Kier molecular flexibility index (Phi) is 5.78. The number of aromatic nitrogens is 2. The molecule has 2 rings (SSSR count). The largest absolute Gasteiger partial charge is 0.370 e. The molecule has 4 nitrogen and oxygen atoms in total. The van der Waals surface area contributed by atoms with Crippen molar-refractivity contribution < 1.29 is 0 Å². The maximum Gasteiger partial charge on any atom is 0.134 e. The van der Waals surface area contributed by atoms with E-state index in [9.17, 15) is 0 Å². The number of likely N-dealkylation sites (tertiary alicyclic amines) is 1. The van der Waals surface area contributed by atoms with Gasteiger partial charge in [0.2, 0.25) is 0 Å².